The van der Waals surface area contributed by atoms with Crippen LogP contribution in [0.4, 0.5) is 5.95 Å². The van der Waals surface area contributed by atoms with Crippen LogP contribution in [-0.4, -0.2) is 33.7 Å². The Bertz CT molecular complexity index is 755. The van der Waals surface area contributed by atoms with Crippen LogP contribution in [0.1, 0.15) is 18.0 Å². The number of halogens is 1. The van der Waals surface area contributed by atoms with Crippen LogP contribution >= 0.6 is 11.6 Å². The average molecular weight is 346 g/mol. The van der Waals surface area contributed by atoms with E-state index in [0.29, 0.717) is 5.02 Å². The van der Waals surface area contributed by atoms with Gasteiger partial charge in [-0.2, -0.15) is 0 Å². The van der Waals surface area contributed by atoms with Gasteiger partial charge >= 0.3 is 0 Å². The van der Waals surface area contributed by atoms with Gasteiger partial charge in [0.25, 0.3) is 0 Å². The predicted octanol–water partition coefficient (Wildman–Crippen LogP) is 1.79. The van der Waals surface area contributed by atoms with E-state index in [0.717, 1.165) is 5.56 Å². The quantitative estimate of drug-likeness (QED) is 0.825. The third-order valence-corrected chi connectivity index (χ3v) is 4.21. The monoisotopic (exact) mass is 345 g/mol. The summed E-state index contributed by atoms with van der Waals surface area (Å²) in [6.45, 7) is 0. The number of benzene rings is 1. The van der Waals surface area contributed by atoms with E-state index in [-0.39, 0.29) is 30.2 Å². The fraction of sp³-hybridized carbons (Fsp3) is 0.250. The third-order valence-electron chi connectivity index (χ3n) is 3.98. The Hall–Kier alpha value is -2.67. The molecule has 1 aliphatic rings. The Morgan fingerprint density at radius 1 is 1.29 bits per heavy atom. The van der Waals surface area contributed by atoms with Gasteiger partial charge in [-0.05, 0) is 23.8 Å². The normalized spacial score (nSPS) is 20.1. The van der Waals surface area contributed by atoms with Crippen molar-refractivity contribution in [2.24, 2.45) is 5.92 Å². The zero-order chi connectivity index (χ0) is 17.1. The summed E-state index contributed by atoms with van der Waals surface area (Å²) in [6, 6.07) is 8.50. The van der Waals surface area contributed by atoms with Gasteiger partial charge in [-0.25, -0.2) is 9.97 Å². The number of nitrogens with one attached hydrogen (secondary N) is 2. The number of anilines is 1. The Morgan fingerprint density at radius 3 is 2.75 bits per heavy atom. The van der Waals surface area contributed by atoms with Crippen LogP contribution in [0.3, 0.4) is 0 Å². The van der Waals surface area contributed by atoms with Crippen molar-refractivity contribution in [3.05, 3.63) is 53.3 Å². The molecule has 0 spiro atoms. The highest BCUT2D eigenvalue weighted by Crippen LogP contribution is 2.37. The highest BCUT2D eigenvalue weighted by molar-refractivity contribution is 6.30. The van der Waals surface area contributed by atoms with Crippen LogP contribution in [0.25, 0.3) is 0 Å². The molecule has 0 aliphatic carbocycles. The highest BCUT2D eigenvalue weighted by Gasteiger charge is 2.42. The van der Waals surface area contributed by atoms with Gasteiger partial charge in [0, 0.05) is 30.9 Å². The molecular formula is C16H16ClN5O2. The lowest BCUT2D eigenvalue weighted by molar-refractivity contribution is -0.128. The first-order valence-electron chi connectivity index (χ1n) is 7.40. The number of nitrogens with zero attached hydrogens (tertiary/aromatic N) is 3. The first-order chi connectivity index (χ1) is 11.6. The van der Waals surface area contributed by atoms with E-state index < -0.39 is 5.92 Å². The molecule has 0 unspecified atom stereocenters. The second-order valence-electron chi connectivity index (χ2n) is 5.50. The lowest BCUT2D eigenvalue weighted by Crippen LogP contribution is -2.38. The number of hydrazine groups is 1. The fourth-order valence-corrected chi connectivity index (χ4v) is 3.02. The van der Waals surface area contributed by atoms with Crippen LogP contribution < -0.4 is 10.9 Å². The smallest absolute Gasteiger partial charge is 0.244 e. The Morgan fingerprint density at radius 2 is 2.04 bits per heavy atom. The molecule has 1 aliphatic heterocycles. The summed E-state index contributed by atoms with van der Waals surface area (Å²) < 4.78 is 0. The molecule has 0 radical (unpaired) electrons. The van der Waals surface area contributed by atoms with Gasteiger partial charge in [-0.1, -0.05) is 23.7 Å². The van der Waals surface area contributed by atoms with Gasteiger partial charge < -0.3 is 4.90 Å². The van der Waals surface area contributed by atoms with Crippen LogP contribution in [-0.2, 0) is 9.59 Å². The van der Waals surface area contributed by atoms with Crippen molar-refractivity contribution in [3.63, 3.8) is 0 Å². The molecule has 124 valence electrons. The highest BCUT2D eigenvalue weighted by atomic mass is 35.5. The van der Waals surface area contributed by atoms with Gasteiger partial charge in [0.1, 0.15) is 0 Å². The molecule has 2 N–H and O–H groups in total. The predicted molar refractivity (Wildman–Crippen MR) is 88.9 cm³/mol. The van der Waals surface area contributed by atoms with Crippen LogP contribution in [0.5, 0.6) is 0 Å². The summed E-state index contributed by atoms with van der Waals surface area (Å²) in [4.78, 5) is 34.1. The van der Waals surface area contributed by atoms with Crippen molar-refractivity contribution < 1.29 is 9.59 Å². The molecule has 0 bridgehead atoms. The van der Waals surface area contributed by atoms with E-state index in [1.54, 1.807) is 48.6 Å². The minimum absolute atomic E-state index is 0.0870. The molecule has 7 nitrogen and oxygen atoms in total. The molecule has 3 rings (SSSR count). The summed E-state index contributed by atoms with van der Waals surface area (Å²) in [7, 11) is 1.69. The molecule has 1 aromatic carbocycles. The van der Waals surface area contributed by atoms with Crippen molar-refractivity contribution in [2.45, 2.75) is 12.5 Å². The number of likely N-dealkylation sites (tertiary alicyclic amines) is 1. The van der Waals surface area contributed by atoms with E-state index in [9.17, 15) is 9.59 Å². The van der Waals surface area contributed by atoms with E-state index in [2.05, 4.69) is 20.8 Å². The number of carbonyl (C=O) groups excluding carboxylic acids is 2. The molecule has 1 aromatic heterocycles. The zero-order valence-electron chi connectivity index (χ0n) is 12.9. The largest absolute Gasteiger partial charge is 0.338 e. The van der Waals surface area contributed by atoms with Gasteiger partial charge in [0.05, 0.1) is 12.0 Å². The molecule has 1 fully saturated rings. The standard InChI is InChI=1S/C16H16ClN5O2/c1-22-13(23)9-12(14(22)10-4-2-5-11(17)8-10)15(24)20-21-16-18-6-3-7-19-16/h2-8,12,14H,9H2,1H3,(H,20,24)(H,18,19,21)/t12-,14-/m1/s1. The molecule has 1 saturated heterocycles. The fourth-order valence-electron chi connectivity index (χ4n) is 2.83. The number of hydrogen-bond donors (Lipinski definition) is 2. The minimum atomic E-state index is -0.530. The van der Waals surface area contributed by atoms with Crippen molar-refractivity contribution in [3.8, 4) is 0 Å². The SMILES string of the molecule is CN1C(=O)C[C@@H](C(=O)NNc2ncccn2)[C@H]1c1cccc(Cl)c1. The van der Waals surface area contributed by atoms with Crippen molar-refractivity contribution >= 4 is 29.4 Å². The molecule has 2 aromatic rings. The van der Waals surface area contributed by atoms with E-state index in [1.807, 2.05) is 6.07 Å². The van der Waals surface area contributed by atoms with E-state index >= 15 is 0 Å². The topological polar surface area (TPSA) is 87.2 Å². The van der Waals surface area contributed by atoms with Crippen molar-refractivity contribution in [2.75, 3.05) is 12.5 Å². The average Bonchev–Trinajstić information content (AvgIpc) is 2.89. The van der Waals surface area contributed by atoms with Crippen LogP contribution in [0.15, 0.2) is 42.7 Å². The number of hydrogen-bond acceptors (Lipinski definition) is 5. The molecular weight excluding hydrogens is 330 g/mol. The summed E-state index contributed by atoms with van der Waals surface area (Å²) >= 11 is 6.04. The first-order valence-corrected chi connectivity index (χ1v) is 7.78. The number of rotatable bonds is 4. The summed E-state index contributed by atoms with van der Waals surface area (Å²) in [5.41, 5.74) is 6.05. The molecule has 2 amide bonds. The summed E-state index contributed by atoms with van der Waals surface area (Å²) in [5.74, 6) is -0.638. The third kappa shape index (κ3) is 3.30. The first kappa shape index (κ1) is 16.2. The maximum atomic E-state index is 12.5. The minimum Gasteiger partial charge on any atom is -0.338 e. The van der Waals surface area contributed by atoms with Gasteiger partial charge in [-0.3, -0.25) is 20.4 Å². The van der Waals surface area contributed by atoms with Crippen molar-refractivity contribution in [1.29, 1.82) is 0 Å². The van der Waals surface area contributed by atoms with Gasteiger partial charge in [0.2, 0.25) is 17.8 Å². The van der Waals surface area contributed by atoms with Crippen molar-refractivity contribution in [1.82, 2.24) is 20.3 Å². The van der Waals surface area contributed by atoms with Gasteiger partial charge in [-0.15, -0.1) is 0 Å². The van der Waals surface area contributed by atoms with E-state index in [4.69, 9.17) is 11.6 Å². The lowest BCUT2D eigenvalue weighted by atomic mass is 9.93. The molecule has 2 heterocycles. The number of amides is 2. The summed E-state index contributed by atoms with van der Waals surface area (Å²) in [6.07, 6.45) is 3.25. The van der Waals surface area contributed by atoms with E-state index in [1.165, 1.54) is 0 Å². The second kappa shape index (κ2) is 6.84. The molecule has 2 atom stereocenters. The second-order valence-corrected chi connectivity index (χ2v) is 5.94. The van der Waals surface area contributed by atoms with Crippen LogP contribution in [0, 0.1) is 5.92 Å². The van der Waals surface area contributed by atoms with Crippen LogP contribution in [0.2, 0.25) is 5.02 Å². The lowest BCUT2D eigenvalue weighted by Gasteiger charge is -2.25. The molecule has 24 heavy (non-hydrogen) atoms. The maximum Gasteiger partial charge on any atom is 0.244 e. The molecule has 8 heteroatoms. The number of aromatic nitrogens is 2. The number of carbonyl (C=O) groups is 2. The Labute approximate surface area is 144 Å². The molecule has 0 saturated carbocycles. The Balaban J connectivity index is 1.77. The van der Waals surface area contributed by atoms with Gasteiger partial charge in [0.15, 0.2) is 0 Å². The summed E-state index contributed by atoms with van der Waals surface area (Å²) in [5, 5.41) is 0.565. The Kier molecular flexibility index (Phi) is 4.61. The zero-order valence-corrected chi connectivity index (χ0v) is 13.7. The maximum absolute atomic E-state index is 12.5.